The summed E-state index contributed by atoms with van der Waals surface area (Å²) in [5.41, 5.74) is 2.75. The zero-order chi connectivity index (χ0) is 28.5. The van der Waals surface area contributed by atoms with Gasteiger partial charge in [-0.1, -0.05) is 6.07 Å². The van der Waals surface area contributed by atoms with E-state index in [2.05, 4.69) is 37.7 Å². The molecule has 3 atom stereocenters. The summed E-state index contributed by atoms with van der Waals surface area (Å²) in [6.07, 6.45) is -4.80. The lowest BCUT2D eigenvalue weighted by atomic mass is 9.89. The third-order valence-electron chi connectivity index (χ3n) is 5.94. The molecule has 8 nitrogen and oxygen atoms in total. The first-order chi connectivity index (χ1) is 17.7. The van der Waals surface area contributed by atoms with Gasteiger partial charge in [0.05, 0.1) is 6.10 Å². The van der Waals surface area contributed by atoms with Gasteiger partial charge in [-0.3, -0.25) is 14.8 Å². The number of hydrogen-bond acceptors (Lipinski definition) is 7. The van der Waals surface area contributed by atoms with Crippen LogP contribution in [0.15, 0.2) is 41.4 Å². The molecule has 0 radical (unpaired) electrons. The van der Waals surface area contributed by atoms with Crippen LogP contribution in [0.4, 0.5) is 26.3 Å². The van der Waals surface area contributed by atoms with Crippen molar-refractivity contribution in [3.8, 4) is 0 Å². The average molecular weight is 572 g/mol. The van der Waals surface area contributed by atoms with Crippen molar-refractivity contribution >= 4 is 23.3 Å². The molecule has 212 valence electrons. The van der Waals surface area contributed by atoms with Crippen LogP contribution < -0.4 is 0 Å². The summed E-state index contributed by atoms with van der Waals surface area (Å²) >= 11 is 1.79. The van der Waals surface area contributed by atoms with Crippen molar-refractivity contribution in [3.05, 3.63) is 52.5 Å². The van der Waals surface area contributed by atoms with Gasteiger partial charge in [0.2, 0.25) is 0 Å². The van der Waals surface area contributed by atoms with E-state index in [0.717, 1.165) is 39.1 Å². The number of carboxylic acid groups (broad SMARTS) is 2. The van der Waals surface area contributed by atoms with Gasteiger partial charge in [-0.15, -0.1) is 0 Å². The Bertz CT molecular complexity index is 983. The lowest BCUT2D eigenvalue weighted by Gasteiger charge is -2.41. The topological polar surface area (TPSA) is 103 Å². The van der Waals surface area contributed by atoms with Gasteiger partial charge in [-0.05, 0) is 40.4 Å². The van der Waals surface area contributed by atoms with Crippen molar-refractivity contribution in [2.24, 2.45) is 5.92 Å². The second-order valence-electron chi connectivity index (χ2n) is 8.56. The number of thiophene rings is 1. The number of ether oxygens (including phenoxy) is 1. The first-order valence-electron chi connectivity index (χ1n) is 11.2. The second kappa shape index (κ2) is 13.9. The number of aromatic nitrogens is 1. The molecular formula is C23H27F6N3O5S. The maximum absolute atomic E-state index is 10.6. The van der Waals surface area contributed by atoms with E-state index in [4.69, 9.17) is 24.5 Å². The summed E-state index contributed by atoms with van der Waals surface area (Å²) in [6.45, 7) is 5.45. The van der Waals surface area contributed by atoms with Crippen molar-refractivity contribution in [2.45, 2.75) is 44.0 Å². The molecule has 0 spiro atoms. The van der Waals surface area contributed by atoms with Crippen molar-refractivity contribution in [3.63, 3.8) is 0 Å². The van der Waals surface area contributed by atoms with Crippen molar-refractivity contribution < 1.29 is 50.9 Å². The highest BCUT2D eigenvalue weighted by molar-refractivity contribution is 7.07. The third kappa shape index (κ3) is 9.85. The van der Waals surface area contributed by atoms with Crippen LogP contribution in [0.25, 0.3) is 0 Å². The van der Waals surface area contributed by atoms with Crippen LogP contribution in [-0.2, 0) is 27.4 Å². The van der Waals surface area contributed by atoms with Gasteiger partial charge in [0.25, 0.3) is 0 Å². The zero-order valence-electron chi connectivity index (χ0n) is 20.2. The van der Waals surface area contributed by atoms with Crippen LogP contribution in [0.3, 0.4) is 0 Å². The van der Waals surface area contributed by atoms with Crippen molar-refractivity contribution in [1.29, 1.82) is 0 Å². The molecule has 2 aromatic heterocycles. The average Bonchev–Trinajstić information content (AvgIpc) is 3.50. The fourth-order valence-electron chi connectivity index (χ4n) is 4.30. The number of carboxylic acids is 2. The quantitative estimate of drug-likeness (QED) is 0.517. The van der Waals surface area contributed by atoms with Crippen molar-refractivity contribution in [2.75, 3.05) is 26.7 Å². The van der Waals surface area contributed by atoms with Crippen LogP contribution in [0.5, 0.6) is 0 Å². The van der Waals surface area contributed by atoms with Gasteiger partial charge >= 0.3 is 24.3 Å². The van der Waals surface area contributed by atoms with E-state index in [9.17, 15) is 26.3 Å². The van der Waals surface area contributed by atoms with Crippen LogP contribution in [0.2, 0.25) is 0 Å². The Hall–Kier alpha value is -2.75. The number of aliphatic carboxylic acids is 2. The van der Waals surface area contributed by atoms with Gasteiger partial charge in [0.1, 0.15) is 0 Å². The molecule has 2 aliphatic rings. The van der Waals surface area contributed by atoms with Gasteiger partial charge < -0.3 is 14.9 Å². The highest BCUT2D eigenvalue weighted by Crippen LogP contribution is 2.34. The number of alkyl halides is 6. The molecule has 38 heavy (non-hydrogen) atoms. The van der Waals surface area contributed by atoms with E-state index in [1.165, 1.54) is 11.1 Å². The Kier molecular flexibility index (Phi) is 11.5. The monoisotopic (exact) mass is 571 g/mol. The fraction of sp³-hybridized carbons (Fsp3) is 0.522. The summed E-state index contributed by atoms with van der Waals surface area (Å²) in [5, 5.41) is 18.7. The largest absolute Gasteiger partial charge is 0.490 e. The molecule has 2 aliphatic heterocycles. The smallest absolute Gasteiger partial charge is 0.475 e. The van der Waals surface area contributed by atoms with Gasteiger partial charge in [-0.25, -0.2) is 9.59 Å². The van der Waals surface area contributed by atoms with Crippen molar-refractivity contribution in [1.82, 2.24) is 14.8 Å². The Labute approximate surface area is 218 Å². The minimum Gasteiger partial charge on any atom is -0.475 e. The van der Waals surface area contributed by atoms with Gasteiger partial charge in [0.15, 0.2) is 0 Å². The van der Waals surface area contributed by atoms with Gasteiger partial charge in [-0.2, -0.15) is 37.7 Å². The highest BCUT2D eigenvalue weighted by atomic mass is 32.1. The molecule has 15 heteroatoms. The lowest BCUT2D eigenvalue weighted by molar-refractivity contribution is -0.193. The molecule has 0 aromatic carbocycles. The molecule has 2 aromatic rings. The van der Waals surface area contributed by atoms with E-state index in [1.807, 2.05) is 25.6 Å². The normalized spacial score (nSPS) is 21.9. The third-order valence-corrected chi connectivity index (χ3v) is 6.67. The molecule has 2 saturated heterocycles. The summed E-state index contributed by atoms with van der Waals surface area (Å²) in [7, 11) is 1.88. The van der Waals surface area contributed by atoms with E-state index in [0.29, 0.717) is 18.1 Å². The number of pyridine rings is 1. The summed E-state index contributed by atoms with van der Waals surface area (Å²) in [6, 6.07) is 7.05. The number of fused-ring (bicyclic) bond motifs is 1. The molecule has 0 unspecified atom stereocenters. The molecule has 4 heterocycles. The Morgan fingerprint density at radius 2 is 1.68 bits per heavy atom. The van der Waals surface area contributed by atoms with E-state index in [-0.39, 0.29) is 0 Å². The maximum atomic E-state index is 10.6. The molecule has 0 aliphatic carbocycles. The summed E-state index contributed by atoms with van der Waals surface area (Å²) < 4.78 is 69.3. The molecule has 2 fully saturated rings. The Balaban J connectivity index is 0.000000301. The van der Waals surface area contributed by atoms with E-state index >= 15 is 0 Å². The molecule has 0 amide bonds. The minimum absolute atomic E-state index is 0.396. The molecular weight excluding hydrogens is 544 g/mol. The van der Waals surface area contributed by atoms with Crippen LogP contribution in [-0.4, -0.2) is 88.2 Å². The Morgan fingerprint density at radius 1 is 1.05 bits per heavy atom. The number of methoxy groups -OCH3 is 1. The first kappa shape index (κ1) is 31.5. The first-order valence-corrected chi connectivity index (χ1v) is 12.2. The van der Waals surface area contributed by atoms with Crippen LogP contribution in [0.1, 0.15) is 17.5 Å². The van der Waals surface area contributed by atoms with E-state index < -0.39 is 24.3 Å². The SMILES string of the molecule is CO[C@H]1CCN(Cc2ccsc2)[C@@H]2CN(Cc3cccnc3)C[C@H]12.O=C(O)C(F)(F)F.O=C(O)C(F)(F)F. The summed E-state index contributed by atoms with van der Waals surface area (Å²) in [4.78, 5) is 27.3. The number of hydrogen-bond donors (Lipinski definition) is 2. The molecule has 0 bridgehead atoms. The predicted octanol–water partition coefficient (Wildman–Crippen LogP) is 4.13. The summed E-state index contributed by atoms with van der Waals surface area (Å²) in [5.74, 6) is -4.90. The second-order valence-corrected chi connectivity index (χ2v) is 9.34. The number of piperidine rings is 1. The number of nitrogens with zero attached hydrogens (tertiary/aromatic N) is 3. The Morgan fingerprint density at radius 3 is 2.16 bits per heavy atom. The van der Waals surface area contributed by atoms with Crippen LogP contribution in [0, 0.1) is 5.92 Å². The number of likely N-dealkylation sites (tertiary alicyclic amines) is 2. The molecule has 4 rings (SSSR count). The highest BCUT2D eigenvalue weighted by Gasteiger charge is 2.44. The molecule has 2 N–H and O–H groups in total. The maximum Gasteiger partial charge on any atom is 0.490 e. The van der Waals surface area contributed by atoms with Crippen LogP contribution >= 0.6 is 11.3 Å². The number of rotatable bonds is 5. The predicted molar refractivity (Wildman–Crippen MR) is 124 cm³/mol. The number of carbonyl (C=O) groups is 2. The fourth-order valence-corrected chi connectivity index (χ4v) is 4.96. The minimum atomic E-state index is -5.08. The van der Waals surface area contributed by atoms with Gasteiger partial charge in [0, 0.05) is 64.2 Å². The standard InChI is InChI=1S/C19H25N3OS.2C2HF3O2/c1-23-19-4-7-22(11-16-5-8-24-14-16)18-13-21(12-17(18)19)10-15-3-2-6-20-9-15;2*3-2(4,5)1(6)7/h2-3,5-6,8-9,14,17-19H,4,7,10-13H2,1H3;2*(H,6,7)/t17-,18+,19-;;/m0../s1. The molecule has 0 saturated carbocycles. The lowest BCUT2D eigenvalue weighted by Crippen LogP contribution is -2.50. The zero-order valence-corrected chi connectivity index (χ0v) is 21.0. The number of halogens is 6. The van der Waals surface area contributed by atoms with E-state index in [1.54, 1.807) is 11.3 Å².